The number of fused-ring (bicyclic) bond motifs is 3. The largest absolute Gasteiger partial charge is 0.148 e. The molecule has 0 saturated carbocycles. The van der Waals surface area contributed by atoms with Gasteiger partial charge >= 0.3 is 0 Å². The van der Waals surface area contributed by atoms with Crippen molar-refractivity contribution in [3.8, 4) is 0 Å². The van der Waals surface area contributed by atoms with E-state index < -0.39 is 0 Å². The Balaban J connectivity index is 0.00000108. The second-order valence-corrected chi connectivity index (χ2v) is 4.06. The summed E-state index contributed by atoms with van der Waals surface area (Å²) in [6.45, 7) is 2.08. The third-order valence-corrected chi connectivity index (χ3v) is 3.10. The monoisotopic (exact) mass is 292 g/mol. The fourth-order valence-electron chi connectivity index (χ4n) is 2.20. The predicted molar refractivity (Wildman–Crippen MR) is 72.7 cm³/mol. The van der Waals surface area contributed by atoms with Crippen molar-refractivity contribution >= 4 is 34.3 Å². The van der Waals surface area contributed by atoms with Crippen LogP contribution in [0.25, 0.3) is 21.5 Å². The molecule has 17 heavy (non-hydrogen) atoms. The van der Waals surface area contributed by atoms with Gasteiger partial charge in [0.15, 0.2) is 0 Å². The molecule has 3 aromatic rings. The molecule has 2 heteroatoms. The molecule has 0 nitrogen and oxygen atoms in total. The molecule has 0 saturated heterocycles. The zero-order chi connectivity index (χ0) is 11.0. The summed E-state index contributed by atoms with van der Waals surface area (Å²) < 4.78 is 0. The first-order chi connectivity index (χ1) is 7.88. The van der Waals surface area contributed by atoms with Crippen molar-refractivity contribution in [3.63, 3.8) is 0 Å². The van der Waals surface area contributed by atoms with E-state index in [2.05, 4.69) is 68.7 Å². The Morgan fingerprint density at radius 1 is 0.765 bits per heavy atom. The summed E-state index contributed by atoms with van der Waals surface area (Å²) in [5.74, 6) is 0. The Kier molecular flexibility index (Phi) is 4.01. The maximum absolute atomic E-state index is 2.26. The van der Waals surface area contributed by atoms with Crippen molar-refractivity contribution in [2.45, 2.75) is 6.82 Å². The van der Waals surface area contributed by atoms with Gasteiger partial charge in [-0.05, 0) is 21.5 Å². The zero-order valence-corrected chi connectivity index (χ0v) is 12.7. The Labute approximate surface area is 128 Å². The van der Waals surface area contributed by atoms with Crippen molar-refractivity contribution in [1.82, 2.24) is 0 Å². The van der Waals surface area contributed by atoms with Gasteiger partial charge < -0.3 is 0 Å². The Bertz CT molecular complexity index is 661. The first kappa shape index (κ1) is 12.8. The van der Waals surface area contributed by atoms with E-state index in [1.54, 1.807) is 0 Å². The van der Waals surface area contributed by atoms with Crippen LogP contribution in [0.1, 0.15) is 0 Å². The minimum Gasteiger partial charge on any atom is -0.0875 e. The third kappa shape index (κ3) is 2.32. The molecule has 0 aliphatic heterocycles. The van der Waals surface area contributed by atoms with Crippen LogP contribution in [0.15, 0.2) is 54.6 Å². The van der Waals surface area contributed by atoms with Crippen LogP contribution < -0.4 is 5.46 Å². The van der Waals surface area contributed by atoms with Gasteiger partial charge in [-0.3, -0.25) is 0 Å². The Morgan fingerprint density at radius 2 is 1.41 bits per heavy atom. The van der Waals surface area contributed by atoms with Gasteiger partial charge in [-0.15, -0.1) is 0 Å². The fourth-order valence-corrected chi connectivity index (χ4v) is 2.20. The van der Waals surface area contributed by atoms with E-state index in [0.29, 0.717) is 0 Å². The molecular formula is C15H12BY. The average molecular weight is 292 g/mol. The molecule has 0 spiro atoms. The predicted octanol–water partition coefficient (Wildman–Crippen LogP) is 3.37. The average Bonchev–Trinajstić information content (AvgIpc) is 2.38. The van der Waals surface area contributed by atoms with Crippen LogP contribution in [0.2, 0.25) is 6.82 Å². The molecule has 0 aliphatic rings. The van der Waals surface area contributed by atoms with Gasteiger partial charge in [0, 0.05) is 32.7 Å². The number of hydrogen-bond donors (Lipinski definition) is 0. The molecule has 0 unspecified atom stereocenters. The molecule has 2 radical (unpaired) electrons. The fraction of sp³-hybridized carbons (Fsp3) is 0.0667. The van der Waals surface area contributed by atoms with E-state index in [0.717, 1.165) is 0 Å². The summed E-state index contributed by atoms with van der Waals surface area (Å²) in [5.41, 5.74) is 1.28. The maximum atomic E-state index is 2.26. The van der Waals surface area contributed by atoms with Crippen LogP contribution in [0, 0.1) is 0 Å². The van der Waals surface area contributed by atoms with E-state index in [1.807, 2.05) is 0 Å². The van der Waals surface area contributed by atoms with Crippen molar-refractivity contribution < 1.29 is 32.7 Å². The van der Waals surface area contributed by atoms with Crippen molar-refractivity contribution in [1.29, 1.82) is 0 Å². The van der Waals surface area contributed by atoms with Gasteiger partial charge in [-0.25, -0.2) is 0 Å². The molecule has 0 bridgehead atoms. The van der Waals surface area contributed by atoms with Crippen molar-refractivity contribution in [3.05, 3.63) is 54.6 Å². The van der Waals surface area contributed by atoms with Gasteiger partial charge in [0.1, 0.15) is 7.28 Å². The van der Waals surface area contributed by atoms with E-state index in [9.17, 15) is 0 Å². The van der Waals surface area contributed by atoms with Crippen LogP contribution in [-0.2, 0) is 32.7 Å². The molecule has 0 amide bonds. The summed E-state index contributed by atoms with van der Waals surface area (Å²) in [6, 6.07) is 19.5. The second kappa shape index (κ2) is 5.33. The molecule has 0 aliphatic carbocycles. The van der Waals surface area contributed by atoms with Crippen LogP contribution in [-0.4, -0.2) is 7.28 Å². The van der Waals surface area contributed by atoms with Crippen LogP contribution in [0.3, 0.4) is 0 Å². The first-order valence-corrected chi connectivity index (χ1v) is 5.59. The van der Waals surface area contributed by atoms with Gasteiger partial charge in [-0.2, -0.15) is 0 Å². The standard InChI is InChI=1S/C15H12B.Y/c1-16-13-9-8-12-7-6-11-4-2-3-5-14(11)15(12)10-13;/h2-10H,1H3;. The molecule has 3 aromatic carbocycles. The molecule has 3 rings (SSSR count). The number of benzene rings is 3. The Hall–Kier alpha value is -0.651. The summed E-state index contributed by atoms with van der Waals surface area (Å²) in [5, 5.41) is 5.30. The molecule has 78 valence electrons. The summed E-state index contributed by atoms with van der Waals surface area (Å²) >= 11 is 0. The van der Waals surface area contributed by atoms with Crippen LogP contribution >= 0.6 is 0 Å². The smallest absolute Gasteiger partial charge is 0.0875 e. The van der Waals surface area contributed by atoms with Gasteiger partial charge in [0.05, 0.1) is 0 Å². The second-order valence-electron chi connectivity index (χ2n) is 4.06. The summed E-state index contributed by atoms with van der Waals surface area (Å²) in [4.78, 5) is 0. The minimum absolute atomic E-state index is 0. The number of rotatable bonds is 1. The minimum atomic E-state index is 0. The van der Waals surface area contributed by atoms with E-state index in [1.165, 1.54) is 27.0 Å². The van der Waals surface area contributed by atoms with E-state index >= 15 is 0 Å². The third-order valence-electron chi connectivity index (χ3n) is 3.10. The first-order valence-electron chi connectivity index (χ1n) is 5.59. The maximum Gasteiger partial charge on any atom is 0.148 e. The molecule has 0 atom stereocenters. The zero-order valence-electron chi connectivity index (χ0n) is 9.85. The summed E-state index contributed by atoms with van der Waals surface area (Å²) in [7, 11) is 2.14. The topological polar surface area (TPSA) is 0 Å². The molecule has 0 heterocycles. The van der Waals surface area contributed by atoms with Crippen molar-refractivity contribution in [2.24, 2.45) is 0 Å². The van der Waals surface area contributed by atoms with E-state index in [4.69, 9.17) is 0 Å². The van der Waals surface area contributed by atoms with Crippen LogP contribution in [0.5, 0.6) is 0 Å². The van der Waals surface area contributed by atoms with E-state index in [-0.39, 0.29) is 32.7 Å². The molecule has 0 fully saturated rings. The number of hydrogen-bond acceptors (Lipinski definition) is 0. The molecule has 0 N–H and O–H groups in total. The molecular weight excluding hydrogens is 280 g/mol. The van der Waals surface area contributed by atoms with Gasteiger partial charge in [0.2, 0.25) is 0 Å². The normalized spacial score (nSPS) is 10.2. The van der Waals surface area contributed by atoms with Gasteiger partial charge in [0.25, 0.3) is 0 Å². The van der Waals surface area contributed by atoms with Crippen molar-refractivity contribution in [2.75, 3.05) is 0 Å². The van der Waals surface area contributed by atoms with Crippen LogP contribution in [0.4, 0.5) is 0 Å². The molecule has 0 aromatic heterocycles. The Morgan fingerprint density at radius 3 is 2.18 bits per heavy atom. The van der Waals surface area contributed by atoms with Gasteiger partial charge in [-0.1, -0.05) is 66.9 Å². The quantitative estimate of drug-likeness (QED) is 0.476. The summed E-state index contributed by atoms with van der Waals surface area (Å²) in [6.07, 6.45) is 0. The SMILES string of the molecule is C[B]c1ccc2ccc3ccccc3c2c1.[Y].